The Balaban J connectivity index is 1.80. The van der Waals surface area contributed by atoms with E-state index in [2.05, 4.69) is 9.97 Å². The Hall–Kier alpha value is -2.01. The first-order valence-corrected chi connectivity index (χ1v) is 8.80. The Morgan fingerprint density at radius 2 is 2.12 bits per heavy atom. The van der Waals surface area contributed by atoms with E-state index < -0.39 is 6.17 Å². The fourth-order valence-electron chi connectivity index (χ4n) is 3.16. The third kappa shape index (κ3) is 3.52. The second-order valence-corrected chi connectivity index (χ2v) is 6.95. The number of hydrogen-bond acceptors (Lipinski definition) is 3. The molecule has 1 aliphatic rings. The van der Waals surface area contributed by atoms with Crippen molar-refractivity contribution in [1.29, 1.82) is 0 Å². The number of aryl methyl sites for hydroxylation is 2. The van der Waals surface area contributed by atoms with Crippen molar-refractivity contribution in [3.8, 4) is 0 Å². The Kier molecular flexibility index (Phi) is 5.04. The van der Waals surface area contributed by atoms with Gasteiger partial charge in [0, 0.05) is 29.2 Å². The van der Waals surface area contributed by atoms with E-state index >= 15 is 0 Å². The van der Waals surface area contributed by atoms with Crippen molar-refractivity contribution < 1.29 is 9.18 Å². The standard InChI is InChI=1S/C19H21ClFN3O/c1-11-8-14(9-23-17(11)5-4-12(2)21)13(3)24-10-16-15(19(24)25)6-7-22-18(16)20/h6-9,12-13H,4-5,10H2,1-3H3. The molecule has 0 aliphatic carbocycles. The van der Waals surface area contributed by atoms with Gasteiger partial charge in [0.05, 0.1) is 18.8 Å². The average Bonchev–Trinajstić information content (AvgIpc) is 2.91. The maximum absolute atomic E-state index is 13.0. The molecular formula is C19H21ClFN3O. The van der Waals surface area contributed by atoms with Crippen molar-refractivity contribution >= 4 is 17.5 Å². The maximum atomic E-state index is 13.0. The van der Waals surface area contributed by atoms with Crippen LogP contribution in [0.4, 0.5) is 4.39 Å². The molecule has 132 valence electrons. The van der Waals surface area contributed by atoms with E-state index in [1.54, 1.807) is 30.3 Å². The van der Waals surface area contributed by atoms with Crippen molar-refractivity contribution in [1.82, 2.24) is 14.9 Å². The van der Waals surface area contributed by atoms with Crippen molar-refractivity contribution in [3.63, 3.8) is 0 Å². The van der Waals surface area contributed by atoms with Crippen LogP contribution in [0.1, 0.15) is 59.1 Å². The van der Waals surface area contributed by atoms with E-state index in [-0.39, 0.29) is 11.9 Å². The molecule has 2 unspecified atom stereocenters. The lowest BCUT2D eigenvalue weighted by atomic mass is 10.0. The first-order chi connectivity index (χ1) is 11.9. The van der Waals surface area contributed by atoms with Gasteiger partial charge in [0.25, 0.3) is 5.91 Å². The van der Waals surface area contributed by atoms with Crippen LogP contribution in [0.25, 0.3) is 0 Å². The number of carbonyl (C=O) groups excluding carboxylic acids is 1. The molecule has 0 bridgehead atoms. The van der Waals surface area contributed by atoms with Crippen molar-refractivity contribution in [2.75, 3.05) is 0 Å². The van der Waals surface area contributed by atoms with Gasteiger partial charge in [0.1, 0.15) is 5.15 Å². The number of pyridine rings is 2. The summed E-state index contributed by atoms with van der Waals surface area (Å²) in [5, 5.41) is 0.380. The highest BCUT2D eigenvalue weighted by Crippen LogP contribution is 2.33. The number of nitrogens with zero attached hydrogens (tertiary/aromatic N) is 3. The van der Waals surface area contributed by atoms with Gasteiger partial charge in [0.15, 0.2) is 0 Å². The summed E-state index contributed by atoms with van der Waals surface area (Å²) in [7, 11) is 0. The number of halogens is 2. The number of aromatic nitrogens is 2. The van der Waals surface area contributed by atoms with Crippen LogP contribution in [0, 0.1) is 6.92 Å². The Labute approximate surface area is 152 Å². The molecular weight excluding hydrogens is 341 g/mol. The summed E-state index contributed by atoms with van der Waals surface area (Å²) in [6, 6.07) is 3.61. The maximum Gasteiger partial charge on any atom is 0.255 e. The van der Waals surface area contributed by atoms with Crippen LogP contribution in [0.2, 0.25) is 5.15 Å². The van der Waals surface area contributed by atoms with E-state index in [9.17, 15) is 9.18 Å². The van der Waals surface area contributed by atoms with Crippen LogP contribution in [0.5, 0.6) is 0 Å². The molecule has 2 aromatic heterocycles. The smallest absolute Gasteiger partial charge is 0.255 e. The van der Waals surface area contributed by atoms with Crippen LogP contribution < -0.4 is 0 Å². The summed E-state index contributed by atoms with van der Waals surface area (Å²) in [4.78, 5) is 23.0. The lowest BCUT2D eigenvalue weighted by molar-refractivity contribution is 0.0715. The Morgan fingerprint density at radius 3 is 2.76 bits per heavy atom. The number of alkyl halides is 1. The average molecular weight is 362 g/mol. The Bertz CT molecular complexity index is 809. The van der Waals surface area contributed by atoms with Crippen LogP contribution in [-0.2, 0) is 13.0 Å². The molecule has 0 saturated heterocycles. The molecule has 4 nitrogen and oxygen atoms in total. The molecule has 0 N–H and O–H groups in total. The zero-order chi connectivity index (χ0) is 18.1. The predicted molar refractivity (Wildman–Crippen MR) is 95.4 cm³/mol. The minimum Gasteiger partial charge on any atom is -0.327 e. The largest absolute Gasteiger partial charge is 0.327 e. The minimum absolute atomic E-state index is 0.0419. The number of hydrogen-bond donors (Lipinski definition) is 0. The Morgan fingerprint density at radius 1 is 1.36 bits per heavy atom. The number of fused-ring (bicyclic) bond motifs is 1. The number of amides is 1. The topological polar surface area (TPSA) is 46.1 Å². The van der Waals surface area contributed by atoms with Gasteiger partial charge in [-0.1, -0.05) is 17.7 Å². The van der Waals surface area contributed by atoms with Gasteiger partial charge in [-0.15, -0.1) is 0 Å². The van der Waals surface area contributed by atoms with Crippen molar-refractivity contribution in [2.24, 2.45) is 0 Å². The van der Waals surface area contributed by atoms with Gasteiger partial charge >= 0.3 is 0 Å². The molecule has 3 heterocycles. The molecule has 2 atom stereocenters. The van der Waals surface area contributed by atoms with Gasteiger partial charge in [-0.05, 0) is 50.8 Å². The van der Waals surface area contributed by atoms with Gasteiger partial charge in [-0.3, -0.25) is 9.78 Å². The normalized spacial score (nSPS) is 16.0. The third-order valence-corrected chi connectivity index (χ3v) is 5.09. The van der Waals surface area contributed by atoms with Crippen LogP contribution in [0.15, 0.2) is 24.5 Å². The molecule has 0 radical (unpaired) electrons. The highest BCUT2D eigenvalue weighted by atomic mass is 35.5. The lowest BCUT2D eigenvalue weighted by Crippen LogP contribution is -2.27. The SMILES string of the molecule is Cc1cc(C(C)N2Cc3c(ccnc3Cl)C2=O)cnc1CCC(C)F. The van der Waals surface area contributed by atoms with Gasteiger partial charge in [0.2, 0.25) is 0 Å². The summed E-state index contributed by atoms with van der Waals surface area (Å²) in [5.41, 5.74) is 4.28. The minimum atomic E-state index is -0.834. The monoisotopic (exact) mass is 361 g/mol. The van der Waals surface area contributed by atoms with E-state index in [1.807, 2.05) is 19.9 Å². The zero-order valence-corrected chi connectivity index (χ0v) is 15.3. The first kappa shape index (κ1) is 17.8. The van der Waals surface area contributed by atoms with E-state index in [0.717, 1.165) is 22.4 Å². The van der Waals surface area contributed by atoms with Gasteiger partial charge < -0.3 is 4.90 Å². The molecule has 2 aromatic rings. The molecule has 0 aromatic carbocycles. The summed E-state index contributed by atoms with van der Waals surface area (Å²) >= 11 is 6.12. The lowest BCUT2D eigenvalue weighted by Gasteiger charge is -2.25. The summed E-state index contributed by atoms with van der Waals surface area (Å²) < 4.78 is 13.0. The first-order valence-electron chi connectivity index (χ1n) is 8.42. The van der Waals surface area contributed by atoms with Crippen molar-refractivity contribution in [2.45, 2.75) is 52.4 Å². The molecule has 1 amide bonds. The third-order valence-electron chi connectivity index (χ3n) is 4.76. The van der Waals surface area contributed by atoms with Gasteiger partial charge in [-0.2, -0.15) is 0 Å². The van der Waals surface area contributed by atoms with Crippen LogP contribution in [-0.4, -0.2) is 26.9 Å². The van der Waals surface area contributed by atoms with E-state index in [0.29, 0.717) is 30.1 Å². The highest BCUT2D eigenvalue weighted by molar-refractivity contribution is 6.30. The quantitative estimate of drug-likeness (QED) is 0.739. The molecule has 0 spiro atoms. The fraction of sp³-hybridized carbons (Fsp3) is 0.421. The molecule has 0 fully saturated rings. The van der Waals surface area contributed by atoms with Crippen molar-refractivity contribution in [3.05, 3.63) is 57.6 Å². The molecule has 0 saturated carbocycles. The van der Waals surface area contributed by atoms with Crippen LogP contribution in [0.3, 0.4) is 0 Å². The number of carbonyl (C=O) groups is 1. The second-order valence-electron chi connectivity index (χ2n) is 6.59. The summed E-state index contributed by atoms with van der Waals surface area (Å²) in [5.74, 6) is -0.0419. The molecule has 6 heteroatoms. The van der Waals surface area contributed by atoms with E-state index in [1.165, 1.54) is 0 Å². The molecule has 3 rings (SSSR count). The molecule has 1 aliphatic heterocycles. The van der Waals surface area contributed by atoms with Gasteiger partial charge in [-0.25, -0.2) is 9.37 Å². The second kappa shape index (κ2) is 7.08. The highest BCUT2D eigenvalue weighted by Gasteiger charge is 2.33. The predicted octanol–water partition coefficient (Wildman–Crippen LogP) is 4.45. The zero-order valence-electron chi connectivity index (χ0n) is 14.6. The summed E-state index contributed by atoms with van der Waals surface area (Å²) in [6.07, 6.45) is 3.59. The number of rotatable bonds is 5. The summed E-state index contributed by atoms with van der Waals surface area (Å²) in [6.45, 7) is 5.96. The van der Waals surface area contributed by atoms with E-state index in [4.69, 9.17) is 11.6 Å². The van der Waals surface area contributed by atoms with Crippen LogP contribution >= 0.6 is 11.6 Å². The fourth-order valence-corrected chi connectivity index (χ4v) is 3.38. The molecule has 25 heavy (non-hydrogen) atoms.